The molecule has 1 aliphatic carbocycles. The normalized spacial score (nSPS) is 21.1. The third-order valence-corrected chi connectivity index (χ3v) is 4.99. The van der Waals surface area contributed by atoms with E-state index in [1.54, 1.807) is 24.5 Å². The van der Waals surface area contributed by atoms with E-state index < -0.39 is 0 Å². The molecule has 0 unspecified atom stereocenters. The van der Waals surface area contributed by atoms with E-state index in [0.29, 0.717) is 21.5 Å². The van der Waals surface area contributed by atoms with E-state index in [2.05, 4.69) is 5.32 Å². The number of hydrogen-bond acceptors (Lipinski definition) is 2. The zero-order valence-corrected chi connectivity index (χ0v) is 14.2. The average molecular weight is 352 g/mol. The van der Waals surface area contributed by atoms with Crippen LogP contribution in [0.2, 0.25) is 10.0 Å². The Labute approximate surface area is 146 Å². The minimum Gasteiger partial charge on any atom is -0.469 e. The van der Waals surface area contributed by atoms with Crippen molar-refractivity contribution in [2.45, 2.75) is 38.1 Å². The number of carbonyl (C=O) groups excluding carboxylic acids is 1. The molecule has 0 aliphatic heterocycles. The highest BCUT2D eigenvalue weighted by atomic mass is 35.5. The van der Waals surface area contributed by atoms with E-state index in [1.165, 1.54) is 6.42 Å². The molecule has 2 atom stereocenters. The largest absolute Gasteiger partial charge is 0.469 e. The molecule has 1 N–H and O–H groups in total. The number of rotatable bonds is 4. The van der Waals surface area contributed by atoms with Gasteiger partial charge in [0.2, 0.25) is 0 Å². The van der Waals surface area contributed by atoms with Crippen molar-refractivity contribution in [3.8, 4) is 0 Å². The van der Waals surface area contributed by atoms with Gasteiger partial charge in [0.1, 0.15) is 5.76 Å². The molecule has 0 radical (unpaired) electrons. The fourth-order valence-corrected chi connectivity index (χ4v) is 3.74. The number of furan rings is 1. The fourth-order valence-electron chi connectivity index (χ4n) is 3.25. The predicted octanol–water partition coefficient (Wildman–Crippen LogP) is 5.12. The van der Waals surface area contributed by atoms with E-state index in [9.17, 15) is 4.79 Å². The smallest absolute Gasteiger partial charge is 0.253 e. The first-order chi connectivity index (χ1) is 11.1. The Bertz CT molecular complexity index is 670. The van der Waals surface area contributed by atoms with Crippen molar-refractivity contribution in [1.29, 1.82) is 0 Å². The Morgan fingerprint density at radius 1 is 1.22 bits per heavy atom. The Balaban J connectivity index is 1.69. The van der Waals surface area contributed by atoms with Crippen LogP contribution in [0.1, 0.15) is 41.8 Å². The van der Waals surface area contributed by atoms with Gasteiger partial charge in [-0.05, 0) is 49.1 Å². The van der Waals surface area contributed by atoms with Crippen LogP contribution in [0, 0.1) is 5.92 Å². The summed E-state index contributed by atoms with van der Waals surface area (Å²) >= 11 is 12.0. The molecule has 1 amide bonds. The highest BCUT2D eigenvalue weighted by molar-refractivity contribution is 6.36. The lowest BCUT2D eigenvalue weighted by atomic mass is 9.81. The molecule has 0 bridgehead atoms. The zero-order chi connectivity index (χ0) is 16.2. The van der Waals surface area contributed by atoms with E-state index in [1.807, 2.05) is 12.1 Å². The number of benzene rings is 1. The van der Waals surface area contributed by atoms with Crippen molar-refractivity contribution in [1.82, 2.24) is 5.32 Å². The zero-order valence-electron chi connectivity index (χ0n) is 12.7. The molecule has 5 heteroatoms. The minimum atomic E-state index is -0.136. The van der Waals surface area contributed by atoms with Gasteiger partial charge in [-0.3, -0.25) is 4.79 Å². The monoisotopic (exact) mass is 351 g/mol. The van der Waals surface area contributed by atoms with Gasteiger partial charge in [0.05, 0.1) is 16.8 Å². The summed E-state index contributed by atoms with van der Waals surface area (Å²) in [6.07, 6.45) is 6.96. The van der Waals surface area contributed by atoms with Gasteiger partial charge in [-0.25, -0.2) is 0 Å². The quantitative estimate of drug-likeness (QED) is 0.830. The summed E-state index contributed by atoms with van der Waals surface area (Å²) in [5, 5.41) is 4.06. The summed E-state index contributed by atoms with van der Waals surface area (Å²) in [4.78, 5) is 12.5. The highest BCUT2D eigenvalue weighted by Gasteiger charge is 2.28. The molecular formula is C18H19Cl2NO2. The molecule has 122 valence electrons. The molecule has 3 rings (SSSR count). The van der Waals surface area contributed by atoms with Crippen LogP contribution in [0.25, 0.3) is 0 Å². The fraction of sp³-hybridized carbons (Fsp3) is 0.389. The lowest BCUT2D eigenvalue weighted by Crippen LogP contribution is -2.43. The van der Waals surface area contributed by atoms with Gasteiger partial charge in [0.25, 0.3) is 5.91 Å². The van der Waals surface area contributed by atoms with Crippen LogP contribution in [-0.4, -0.2) is 11.9 Å². The Morgan fingerprint density at radius 3 is 2.78 bits per heavy atom. The van der Waals surface area contributed by atoms with Gasteiger partial charge >= 0.3 is 0 Å². The molecule has 1 aliphatic rings. The lowest BCUT2D eigenvalue weighted by Gasteiger charge is -2.32. The van der Waals surface area contributed by atoms with Gasteiger partial charge in [-0.15, -0.1) is 0 Å². The summed E-state index contributed by atoms with van der Waals surface area (Å²) in [6, 6.07) is 8.99. The Kier molecular flexibility index (Phi) is 5.29. The number of carbonyl (C=O) groups is 1. The van der Waals surface area contributed by atoms with Crippen LogP contribution in [0.5, 0.6) is 0 Å². The second-order valence-electron chi connectivity index (χ2n) is 6.03. The molecule has 1 heterocycles. The van der Waals surface area contributed by atoms with Crippen LogP contribution in [0.3, 0.4) is 0 Å². The summed E-state index contributed by atoms with van der Waals surface area (Å²) in [5.74, 6) is 1.23. The third kappa shape index (κ3) is 4.10. The molecule has 1 aromatic carbocycles. The van der Waals surface area contributed by atoms with Crippen molar-refractivity contribution in [3.63, 3.8) is 0 Å². The van der Waals surface area contributed by atoms with Crippen molar-refractivity contribution >= 4 is 29.1 Å². The molecular weight excluding hydrogens is 333 g/mol. The molecule has 1 fully saturated rings. The van der Waals surface area contributed by atoms with Gasteiger partial charge in [-0.1, -0.05) is 36.0 Å². The topological polar surface area (TPSA) is 42.2 Å². The Hall–Kier alpha value is -1.45. The van der Waals surface area contributed by atoms with E-state index in [4.69, 9.17) is 27.6 Å². The maximum atomic E-state index is 12.5. The molecule has 3 nitrogen and oxygen atoms in total. The SMILES string of the molecule is O=C(N[C@@H]1CCCC[C@H]1Cc1ccco1)c1ccc(Cl)cc1Cl. The first kappa shape index (κ1) is 16.4. The van der Waals surface area contributed by atoms with Crippen LogP contribution in [0.15, 0.2) is 41.0 Å². The first-order valence-electron chi connectivity index (χ1n) is 7.92. The van der Waals surface area contributed by atoms with Crippen LogP contribution in [0.4, 0.5) is 0 Å². The molecule has 23 heavy (non-hydrogen) atoms. The molecule has 1 saturated carbocycles. The van der Waals surface area contributed by atoms with E-state index in [-0.39, 0.29) is 11.9 Å². The third-order valence-electron chi connectivity index (χ3n) is 4.44. The minimum absolute atomic E-state index is 0.136. The van der Waals surface area contributed by atoms with Crippen LogP contribution >= 0.6 is 23.2 Å². The lowest BCUT2D eigenvalue weighted by molar-refractivity contribution is 0.0904. The number of hydrogen-bond donors (Lipinski definition) is 1. The summed E-state index contributed by atoms with van der Waals surface area (Å²) in [6.45, 7) is 0. The number of amides is 1. The molecule has 2 aromatic rings. The van der Waals surface area contributed by atoms with Gasteiger partial charge in [-0.2, -0.15) is 0 Å². The molecule has 0 spiro atoms. The maximum absolute atomic E-state index is 12.5. The van der Waals surface area contributed by atoms with Crippen molar-refractivity contribution in [3.05, 3.63) is 58.0 Å². The number of nitrogens with one attached hydrogen (secondary N) is 1. The summed E-state index contributed by atoms with van der Waals surface area (Å²) in [7, 11) is 0. The summed E-state index contributed by atoms with van der Waals surface area (Å²) < 4.78 is 5.46. The second kappa shape index (κ2) is 7.41. The van der Waals surface area contributed by atoms with Crippen LogP contribution in [-0.2, 0) is 6.42 Å². The predicted molar refractivity (Wildman–Crippen MR) is 92.1 cm³/mol. The highest BCUT2D eigenvalue weighted by Crippen LogP contribution is 2.29. The van der Waals surface area contributed by atoms with Crippen molar-refractivity contribution in [2.24, 2.45) is 5.92 Å². The van der Waals surface area contributed by atoms with Gasteiger partial charge in [0.15, 0.2) is 0 Å². The maximum Gasteiger partial charge on any atom is 0.253 e. The standard InChI is InChI=1S/C18H19Cl2NO2/c19-13-7-8-15(16(20)11-13)18(22)21-17-6-2-1-4-12(17)10-14-5-3-9-23-14/h3,5,7-9,11-12,17H,1-2,4,6,10H2,(H,21,22)/t12-,17+/m0/s1. The van der Waals surface area contributed by atoms with Crippen molar-refractivity contribution < 1.29 is 9.21 Å². The summed E-state index contributed by atoms with van der Waals surface area (Å²) in [5.41, 5.74) is 0.471. The van der Waals surface area contributed by atoms with Gasteiger partial charge in [0, 0.05) is 17.5 Å². The van der Waals surface area contributed by atoms with E-state index in [0.717, 1.165) is 31.4 Å². The van der Waals surface area contributed by atoms with Crippen molar-refractivity contribution in [2.75, 3.05) is 0 Å². The second-order valence-corrected chi connectivity index (χ2v) is 6.88. The average Bonchev–Trinajstić information content (AvgIpc) is 3.02. The van der Waals surface area contributed by atoms with Crippen LogP contribution < -0.4 is 5.32 Å². The Morgan fingerprint density at radius 2 is 2.04 bits per heavy atom. The first-order valence-corrected chi connectivity index (χ1v) is 8.67. The molecule has 0 saturated heterocycles. The van der Waals surface area contributed by atoms with E-state index >= 15 is 0 Å². The number of halogens is 2. The van der Waals surface area contributed by atoms with Gasteiger partial charge < -0.3 is 9.73 Å². The molecule has 1 aromatic heterocycles.